The lowest BCUT2D eigenvalue weighted by atomic mass is 10.0. The van der Waals surface area contributed by atoms with E-state index in [0.717, 1.165) is 8.97 Å². The van der Waals surface area contributed by atoms with Crippen molar-refractivity contribution in [3.8, 4) is 0 Å². The lowest BCUT2D eigenvalue weighted by Gasteiger charge is -2.23. The average molecular weight is 676 g/mol. The monoisotopic (exact) mass is 673 g/mol. The number of halogens is 3. The fraction of sp³-hybridized carbons (Fsp3) is 0.806. The Bertz CT molecular complexity index is 527. The first-order valence-corrected chi connectivity index (χ1v) is 14.3. The van der Waals surface area contributed by atoms with Crippen LogP contribution in [-0.2, 0) is 0 Å². The summed E-state index contributed by atoms with van der Waals surface area (Å²) in [5.41, 5.74) is 1.34. The third-order valence-electron chi connectivity index (χ3n) is 5.71. The molecule has 6 heteroatoms. The lowest BCUT2D eigenvalue weighted by Crippen LogP contribution is -3.02. The highest BCUT2D eigenvalue weighted by Gasteiger charge is 2.09. The van der Waals surface area contributed by atoms with Crippen LogP contribution in [0.5, 0.6) is 0 Å². The van der Waals surface area contributed by atoms with Gasteiger partial charge in [0.2, 0.25) is 0 Å². The van der Waals surface area contributed by atoms with Crippen molar-refractivity contribution in [1.82, 2.24) is 4.48 Å². The third kappa shape index (κ3) is 43.6. The molecule has 0 aromatic heterocycles. The Labute approximate surface area is 261 Å². The quantitative estimate of drug-likeness (QED) is 0.151. The molecule has 0 amide bonds. The van der Waals surface area contributed by atoms with Crippen molar-refractivity contribution in [3.05, 3.63) is 30.3 Å². The van der Waals surface area contributed by atoms with Crippen LogP contribution in [0.15, 0.2) is 30.3 Å². The summed E-state index contributed by atoms with van der Waals surface area (Å²) in [6.07, 6.45) is 20.4. The smallest absolute Gasteiger partial charge is 0.132 e. The maximum atomic E-state index is 2.29. The summed E-state index contributed by atoms with van der Waals surface area (Å²) >= 11 is 0. The Kier molecular flexibility index (Phi) is 39.4. The van der Waals surface area contributed by atoms with E-state index in [4.69, 9.17) is 0 Å². The van der Waals surface area contributed by atoms with Crippen molar-refractivity contribution in [1.29, 1.82) is 0 Å². The zero-order valence-corrected chi connectivity index (χ0v) is 30.4. The van der Waals surface area contributed by atoms with Crippen LogP contribution in [0.3, 0.4) is 0 Å². The van der Waals surface area contributed by atoms with Crippen LogP contribution in [0.2, 0.25) is 0 Å². The molecule has 0 aliphatic carbocycles. The van der Waals surface area contributed by atoms with Gasteiger partial charge in [0.1, 0.15) is 5.69 Å². The molecule has 3 nitrogen and oxygen atoms in total. The zero-order chi connectivity index (χ0) is 26.3. The highest BCUT2D eigenvalue weighted by Crippen LogP contribution is 2.14. The first-order valence-electron chi connectivity index (χ1n) is 14.3. The van der Waals surface area contributed by atoms with Gasteiger partial charge in [-0.05, 0) is 25.0 Å². The predicted octanol–water partition coefficient (Wildman–Crippen LogP) is -2.17. The van der Waals surface area contributed by atoms with Gasteiger partial charge >= 0.3 is 0 Å². The molecule has 0 saturated carbocycles. The first kappa shape index (κ1) is 47.2. The normalized spacial score (nSPS) is 10.6. The second-order valence-corrected chi connectivity index (χ2v) is 12.5. The highest BCUT2D eigenvalue weighted by molar-refractivity contribution is 5.40. The molecule has 0 radical (unpaired) electrons. The molecule has 1 aromatic rings. The van der Waals surface area contributed by atoms with Crippen LogP contribution >= 0.6 is 0 Å². The topological polar surface area (TPSA) is 4.44 Å². The largest absolute Gasteiger partial charge is 1.00 e. The van der Waals surface area contributed by atoms with Gasteiger partial charge in [0, 0.05) is 0 Å². The number of benzene rings is 1. The molecular formula is C31H66Br2ClN3. The van der Waals surface area contributed by atoms with Gasteiger partial charge in [0.15, 0.2) is 0 Å². The summed E-state index contributed by atoms with van der Waals surface area (Å²) in [4.78, 5) is 1.42. The fourth-order valence-corrected chi connectivity index (χ4v) is 3.66. The zero-order valence-electron chi connectivity index (χ0n) is 26.5. The summed E-state index contributed by atoms with van der Waals surface area (Å²) in [7, 11) is 19.6. The molecule has 1 rings (SSSR count). The van der Waals surface area contributed by atoms with Crippen molar-refractivity contribution in [2.45, 2.75) is 96.8 Å². The number of rotatable bonds is 16. The molecule has 1 aromatic carbocycles. The van der Waals surface area contributed by atoms with Crippen LogP contribution < -0.4 is 55.8 Å². The van der Waals surface area contributed by atoms with E-state index in [1.165, 1.54) is 107 Å². The van der Waals surface area contributed by atoms with Crippen LogP contribution in [0.1, 0.15) is 96.8 Å². The van der Waals surface area contributed by atoms with Crippen molar-refractivity contribution >= 4 is 5.69 Å². The average Bonchev–Trinajstić information content (AvgIpc) is 2.73. The van der Waals surface area contributed by atoms with Gasteiger partial charge in [-0.2, -0.15) is 0 Å². The summed E-state index contributed by atoms with van der Waals surface area (Å²) in [6, 6.07) is 10.5. The maximum absolute atomic E-state index is 2.29. The number of para-hydroxylation sites is 1. The standard InChI is InChI=1S/C19H42N.C9H14N.C3H9N.2BrH.ClH/c1-5-6-7-8-9-10-11-12-13-14-15-16-17-18-19-20(2,3)4;1-10(2,3)9-7-5-4-6-8-9;1-4(2)3;;;/h5-19H2,1-4H3;4-8H,1-3H3;1-3H3;3*1H/q2*+1;;;;/p-2. The molecule has 0 atom stereocenters. The van der Waals surface area contributed by atoms with Crippen molar-refractivity contribution in [3.63, 3.8) is 0 Å². The van der Waals surface area contributed by atoms with Crippen LogP contribution in [0.25, 0.3) is 0 Å². The second-order valence-electron chi connectivity index (χ2n) is 12.5. The summed E-state index contributed by atoms with van der Waals surface area (Å²) in [5.74, 6) is 0. The van der Waals surface area contributed by atoms with Gasteiger partial charge in [-0.25, -0.2) is 0 Å². The van der Waals surface area contributed by atoms with Gasteiger partial charge < -0.3 is 55.8 Å². The Balaban J connectivity index is -0.000000168. The van der Waals surface area contributed by atoms with Crippen molar-refractivity contribution < 1.29 is 55.8 Å². The highest BCUT2D eigenvalue weighted by atomic mass is 79.9. The lowest BCUT2D eigenvalue weighted by molar-refractivity contribution is -0.870. The van der Waals surface area contributed by atoms with Crippen LogP contribution in [0.4, 0.5) is 5.69 Å². The van der Waals surface area contributed by atoms with Crippen molar-refractivity contribution in [2.75, 3.05) is 70.0 Å². The molecule has 0 saturated heterocycles. The minimum Gasteiger partial charge on any atom is -1.00 e. The van der Waals surface area contributed by atoms with E-state index in [-0.39, 0.29) is 46.4 Å². The number of nitrogens with zero attached hydrogens (tertiary/aromatic N) is 2. The SMILES string of the molecule is CCCCCCCCCCCCCCCC[N+](C)(C)C.C[N+](C)(C)c1ccccc1.C[NH+](C)C.[Br-].[Br-].[Cl-]. The number of unbranched alkanes of at least 4 members (excludes halogenated alkanes) is 13. The van der Waals surface area contributed by atoms with Crippen LogP contribution in [-0.4, -0.2) is 74.5 Å². The van der Waals surface area contributed by atoms with Gasteiger partial charge in [0.25, 0.3) is 0 Å². The van der Waals surface area contributed by atoms with E-state index in [9.17, 15) is 0 Å². The van der Waals surface area contributed by atoms with E-state index < -0.39 is 0 Å². The number of hydrogen-bond donors (Lipinski definition) is 1. The Morgan fingerprint density at radius 1 is 0.541 bits per heavy atom. The molecule has 0 aliphatic rings. The molecule has 0 aliphatic heterocycles. The maximum Gasteiger partial charge on any atom is 0.132 e. The molecule has 226 valence electrons. The minimum absolute atomic E-state index is 0. The Morgan fingerprint density at radius 3 is 1.08 bits per heavy atom. The van der Waals surface area contributed by atoms with E-state index in [2.05, 4.69) is 94.6 Å². The third-order valence-corrected chi connectivity index (χ3v) is 5.71. The van der Waals surface area contributed by atoms with E-state index in [1.807, 2.05) is 6.07 Å². The van der Waals surface area contributed by atoms with Crippen molar-refractivity contribution in [2.24, 2.45) is 0 Å². The number of nitrogens with one attached hydrogen (secondary N) is 1. The summed E-state index contributed by atoms with van der Waals surface area (Å²) in [5, 5.41) is 0. The van der Waals surface area contributed by atoms with E-state index in [1.54, 1.807) is 0 Å². The molecule has 0 fully saturated rings. The fourth-order valence-electron chi connectivity index (χ4n) is 3.66. The van der Waals surface area contributed by atoms with Crippen LogP contribution in [0, 0.1) is 0 Å². The van der Waals surface area contributed by atoms with Gasteiger partial charge in [-0.3, -0.25) is 4.48 Å². The summed E-state index contributed by atoms with van der Waals surface area (Å²) < 4.78 is 2.01. The number of quaternary nitrogens is 3. The van der Waals surface area contributed by atoms with E-state index in [0.29, 0.717) is 0 Å². The molecule has 0 spiro atoms. The molecule has 0 unspecified atom stereocenters. The Hall–Kier alpha value is 0.350. The predicted molar refractivity (Wildman–Crippen MR) is 158 cm³/mol. The molecule has 0 bridgehead atoms. The van der Waals surface area contributed by atoms with Gasteiger partial charge in [0.05, 0.1) is 70.0 Å². The molecule has 37 heavy (non-hydrogen) atoms. The molecule has 1 N–H and O–H groups in total. The van der Waals surface area contributed by atoms with Gasteiger partial charge in [-0.1, -0.05) is 102 Å². The Morgan fingerprint density at radius 2 is 0.838 bits per heavy atom. The minimum atomic E-state index is 0. The second kappa shape index (κ2) is 30.9. The molecule has 0 heterocycles. The van der Waals surface area contributed by atoms with Gasteiger partial charge in [-0.15, -0.1) is 0 Å². The molecular weight excluding hydrogens is 610 g/mol. The first-order chi connectivity index (χ1) is 15.9. The number of hydrogen-bond acceptors (Lipinski definition) is 0. The summed E-state index contributed by atoms with van der Waals surface area (Å²) in [6.45, 7) is 3.63. The van der Waals surface area contributed by atoms with E-state index >= 15 is 0 Å².